The Labute approximate surface area is 71.1 Å². The van der Waals surface area contributed by atoms with Gasteiger partial charge < -0.3 is 16.0 Å². The van der Waals surface area contributed by atoms with Crippen LogP contribution in [0, 0.1) is 11.5 Å². The van der Waals surface area contributed by atoms with E-state index in [-0.39, 0.29) is 12.1 Å². The molecule has 0 atom stereocenters. The molecule has 1 aliphatic heterocycles. The summed E-state index contributed by atoms with van der Waals surface area (Å²) in [5.41, 5.74) is 5.09. The number of likely N-dealkylation sites (tertiary alicyclic amines) is 1. The van der Waals surface area contributed by atoms with E-state index in [0.29, 0.717) is 13.1 Å². The van der Waals surface area contributed by atoms with Crippen molar-refractivity contribution in [2.45, 2.75) is 18.9 Å². The lowest BCUT2D eigenvalue weighted by Gasteiger charge is -2.29. The van der Waals surface area contributed by atoms with Crippen molar-refractivity contribution in [2.75, 3.05) is 13.1 Å². The minimum Gasteiger partial charge on any atom is -0.351 e. The third-order valence-electron chi connectivity index (χ3n) is 2.08. The molecule has 1 fully saturated rings. The zero-order valence-electron chi connectivity index (χ0n) is 6.79. The number of nitriles is 1. The zero-order valence-corrected chi connectivity index (χ0v) is 6.79. The highest BCUT2D eigenvalue weighted by Crippen LogP contribution is 2.08. The molecule has 0 spiro atoms. The van der Waals surface area contributed by atoms with Gasteiger partial charge in [0.1, 0.15) is 0 Å². The van der Waals surface area contributed by atoms with Crippen LogP contribution in [0.4, 0.5) is 4.79 Å². The van der Waals surface area contributed by atoms with E-state index in [9.17, 15) is 4.79 Å². The molecule has 0 aromatic rings. The van der Waals surface area contributed by atoms with Crippen molar-refractivity contribution < 1.29 is 4.79 Å². The summed E-state index contributed by atoms with van der Waals surface area (Å²) in [6, 6.07) is -0.156. The van der Waals surface area contributed by atoms with Gasteiger partial charge in [0.05, 0.1) is 0 Å². The number of carbonyl (C=O) groups excluding carboxylic acids is 1. The maximum atomic E-state index is 10.7. The monoisotopic (exact) mass is 168 g/mol. The molecule has 66 valence electrons. The van der Waals surface area contributed by atoms with Gasteiger partial charge in [-0.1, -0.05) is 0 Å². The Morgan fingerprint density at radius 2 is 2.17 bits per heavy atom. The van der Waals surface area contributed by atoms with Crippen LogP contribution in [0.2, 0.25) is 0 Å². The fourth-order valence-corrected chi connectivity index (χ4v) is 1.34. The fraction of sp³-hybridized carbons (Fsp3) is 0.714. The number of carbonyl (C=O) groups is 1. The van der Waals surface area contributed by atoms with Gasteiger partial charge in [-0.3, -0.25) is 0 Å². The van der Waals surface area contributed by atoms with Gasteiger partial charge >= 0.3 is 6.03 Å². The van der Waals surface area contributed by atoms with E-state index in [4.69, 9.17) is 11.0 Å². The first kappa shape index (κ1) is 8.65. The summed E-state index contributed by atoms with van der Waals surface area (Å²) in [6.45, 7) is 1.30. The van der Waals surface area contributed by atoms with Crippen LogP contribution in [0.15, 0.2) is 0 Å². The van der Waals surface area contributed by atoms with Gasteiger partial charge in [0, 0.05) is 19.1 Å². The van der Waals surface area contributed by atoms with Crippen LogP contribution < -0.4 is 11.1 Å². The third-order valence-corrected chi connectivity index (χ3v) is 2.08. The summed E-state index contributed by atoms with van der Waals surface area (Å²) < 4.78 is 0. The highest BCUT2D eigenvalue weighted by molar-refractivity contribution is 5.72. The first-order chi connectivity index (χ1) is 5.74. The second kappa shape index (κ2) is 3.81. The lowest BCUT2D eigenvalue weighted by molar-refractivity contribution is 0.188. The minimum atomic E-state index is -0.370. The highest BCUT2D eigenvalue weighted by atomic mass is 16.2. The number of primary amides is 1. The maximum Gasteiger partial charge on any atom is 0.314 e. The predicted octanol–water partition coefficient (Wildman–Crippen LogP) is -0.400. The number of hydrogen-bond donors (Lipinski definition) is 2. The topological polar surface area (TPSA) is 82.2 Å². The first-order valence-corrected chi connectivity index (χ1v) is 3.93. The van der Waals surface area contributed by atoms with E-state index < -0.39 is 0 Å². The molecule has 5 heteroatoms. The Kier molecular flexibility index (Phi) is 2.75. The molecule has 0 unspecified atom stereocenters. The van der Waals surface area contributed by atoms with Crippen LogP contribution in [0.5, 0.6) is 0 Å². The molecular weight excluding hydrogens is 156 g/mol. The average Bonchev–Trinajstić information content (AvgIpc) is 2.06. The number of rotatable bonds is 1. The van der Waals surface area contributed by atoms with Crippen LogP contribution in [-0.4, -0.2) is 30.1 Å². The number of nitrogens with zero attached hydrogens (tertiary/aromatic N) is 2. The highest BCUT2D eigenvalue weighted by Gasteiger charge is 2.20. The average molecular weight is 168 g/mol. The molecule has 0 aromatic carbocycles. The smallest absolute Gasteiger partial charge is 0.314 e. The number of piperidine rings is 1. The maximum absolute atomic E-state index is 10.7. The Morgan fingerprint density at radius 1 is 1.58 bits per heavy atom. The third kappa shape index (κ3) is 2.02. The lowest BCUT2D eigenvalue weighted by Crippen LogP contribution is -2.45. The van der Waals surface area contributed by atoms with E-state index >= 15 is 0 Å². The lowest BCUT2D eigenvalue weighted by atomic mass is 10.1. The second-order valence-electron chi connectivity index (χ2n) is 2.86. The van der Waals surface area contributed by atoms with Gasteiger partial charge in [-0.25, -0.2) is 4.79 Å². The summed E-state index contributed by atoms with van der Waals surface area (Å²) in [4.78, 5) is 12.3. The molecule has 2 amide bonds. The number of hydrogen-bond acceptors (Lipinski definition) is 3. The molecule has 1 saturated heterocycles. The van der Waals surface area contributed by atoms with Gasteiger partial charge in [-0.15, -0.1) is 0 Å². The van der Waals surface area contributed by atoms with Crippen molar-refractivity contribution in [3.63, 3.8) is 0 Å². The molecule has 0 radical (unpaired) electrons. The van der Waals surface area contributed by atoms with E-state index in [2.05, 4.69) is 5.32 Å². The summed E-state index contributed by atoms with van der Waals surface area (Å²) in [5.74, 6) is 0. The minimum absolute atomic E-state index is 0.214. The molecule has 0 saturated carbocycles. The molecule has 1 heterocycles. The van der Waals surface area contributed by atoms with Crippen LogP contribution in [-0.2, 0) is 0 Å². The second-order valence-corrected chi connectivity index (χ2v) is 2.86. The molecule has 1 aliphatic rings. The van der Waals surface area contributed by atoms with Crippen molar-refractivity contribution in [1.29, 1.82) is 5.26 Å². The summed E-state index contributed by atoms with van der Waals surface area (Å²) in [6.07, 6.45) is 3.50. The normalized spacial score (nSPS) is 18.4. The van der Waals surface area contributed by atoms with E-state index in [1.54, 1.807) is 4.90 Å². The SMILES string of the molecule is N#CNC1CCN(C(N)=O)CC1. The van der Waals surface area contributed by atoms with Crippen molar-refractivity contribution in [1.82, 2.24) is 10.2 Å². The van der Waals surface area contributed by atoms with Crippen LogP contribution in [0.1, 0.15) is 12.8 Å². The van der Waals surface area contributed by atoms with Crippen LogP contribution in [0.3, 0.4) is 0 Å². The summed E-state index contributed by atoms with van der Waals surface area (Å²) >= 11 is 0. The molecule has 0 bridgehead atoms. The van der Waals surface area contributed by atoms with Gasteiger partial charge in [0.15, 0.2) is 6.19 Å². The zero-order chi connectivity index (χ0) is 8.97. The number of nitrogens with one attached hydrogen (secondary N) is 1. The molecule has 0 aliphatic carbocycles. The van der Waals surface area contributed by atoms with Crippen molar-refractivity contribution in [3.8, 4) is 6.19 Å². The largest absolute Gasteiger partial charge is 0.351 e. The number of nitrogens with two attached hydrogens (primary N) is 1. The Hall–Kier alpha value is -1.44. The van der Waals surface area contributed by atoms with Crippen molar-refractivity contribution in [2.24, 2.45) is 5.73 Å². The Balaban J connectivity index is 2.30. The fourth-order valence-electron chi connectivity index (χ4n) is 1.34. The summed E-state index contributed by atoms with van der Waals surface area (Å²) in [7, 11) is 0. The molecule has 5 nitrogen and oxygen atoms in total. The van der Waals surface area contributed by atoms with Crippen molar-refractivity contribution in [3.05, 3.63) is 0 Å². The molecule has 12 heavy (non-hydrogen) atoms. The Bertz CT molecular complexity index is 202. The predicted molar refractivity (Wildman–Crippen MR) is 42.9 cm³/mol. The molecule has 1 rings (SSSR count). The van der Waals surface area contributed by atoms with E-state index in [1.165, 1.54) is 0 Å². The first-order valence-electron chi connectivity index (χ1n) is 3.93. The van der Waals surface area contributed by atoms with Gasteiger partial charge in [-0.05, 0) is 12.8 Å². The number of urea groups is 1. The summed E-state index contributed by atoms with van der Waals surface area (Å²) in [5, 5.41) is 11.0. The Morgan fingerprint density at radius 3 is 2.58 bits per heavy atom. The molecular formula is C7H12N4O. The quantitative estimate of drug-likeness (QED) is 0.413. The van der Waals surface area contributed by atoms with Crippen molar-refractivity contribution >= 4 is 6.03 Å². The van der Waals surface area contributed by atoms with E-state index in [0.717, 1.165) is 12.8 Å². The van der Waals surface area contributed by atoms with Gasteiger partial charge in [0.2, 0.25) is 0 Å². The molecule has 3 N–H and O–H groups in total. The van der Waals surface area contributed by atoms with Gasteiger partial charge in [0.25, 0.3) is 0 Å². The number of amides is 2. The molecule has 0 aromatic heterocycles. The van der Waals surface area contributed by atoms with Gasteiger partial charge in [-0.2, -0.15) is 5.26 Å². The van der Waals surface area contributed by atoms with Crippen LogP contribution in [0.25, 0.3) is 0 Å². The van der Waals surface area contributed by atoms with Crippen LogP contribution >= 0.6 is 0 Å². The van der Waals surface area contributed by atoms with E-state index in [1.807, 2.05) is 6.19 Å². The standard InChI is InChI=1S/C7H12N4O/c8-5-10-6-1-3-11(4-2-6)7(9)12/h6,10H,1-4H2,(H2,9,12).